The number of sulfone groups is 1. The van der Waals surface area contributed by atoms with Crippen LogP contribution < -0.4 is 5.32 Å². The summed E-state index contributed by atoms with van der Waals surface area (Å²) in [4.78, 5) is 16.8. The zero-order valence-electron chi connectivity index (χ0n) is 14.3. The van der Waals surface area contributed by atoms with Crippen molar-refractivity contribution in [2.45, 2.75) is 23.4 Å². The quantitative estimate of drug-likeness (QED) is 0.748. The predicted octanol–water partition coefficient (Wildman–Crippen LogP) is 2.20. The van der Waals surface area contributed by atoms with Gasteiger partial charge in [-0.3, -0.25) is 9.20 Å². The number of nitrogens with one attached hydrogen (secondary N) is 1. The molecule has 1 fully saturated rings. The summed E-state index contributed by atoms with van der Waals surface area (Å²) in [6.45, 7) is 0.510. The molecule has 134 valence electrons. The van der Waals surface area contributed by atoms with Crippen LogP contribution in [0.2, 0.25) is 0 Å². The number of aromatic nitrogens is 2. The number of rotatable bonds is 5. The number of fused-ring (bicyclic) bond motifs is 1. The van der Waals surface area contributed by atoms with Crippen LogP contribution in [-0.4, -0.2) is 36.5 Å². The largest absolute Gasteiger partial charge is 0.350 e. The van der Waals surface area contributed by atoms with Gasteiger partial charge in [0.05, 0.1) is 5.52 Å². The van der Waals surface area contributed by atoms with Gasteiger partial charge < -0.3 is 5.32 Å². The van der Waals surface area contributed by atoms with E-state index in [1.165, 1.54) is 9.96 Å². The third-order valence-electron chi connectivity index (χ3n) is 4.89. The third-order valence-corrected chi connectivity index (χ3v) is 5.84. The number of hydrogen-bond acceptors (Lipinski definition) is 4. The first-order valence-electron chi connectivity index (χ1n) is 8.42. The average Bonchev–Trinajstić information content (AvgIpc) is 3.32. The van der Waals surface area contributed by atoms with Crippen LogP contribution in [0, 0.1) is 0 Å². The maximum atomic E-state index is 12.7. The Morgan fingerprint density at radius 2 is 1.85 bits per heavy atom. The Balaban J connectivity index is 1.62. The van der Waals surface area contributed by atoms with Crippen molar-refractivity contribution in [3.8, 4) is 0 Å². The lowest BCUT2D eigenvalue weighted by molar-refractivity contribution is 0.0946. The Morgan fingerprint density at radius 1 is 1.15 bits per heavy atom. The van der Waals surface area contributed by atoms with Gasteiger partial charge in [-0.05, 0) is 30.5 Å². The molecule has 1 aromatic carbocycles. The molecule has 6 nitrogen and oxygen atoms in total. The van der Waals surface area contributed by atoms with Gasteiger partial charge in [0.15, 0.2) is 5.69 Å². The van der Waals surface area contributed by atoms with E-state index in [0.29, 0.717) is 12.1 Å². The van der Waals surface area contributed by atoms with Crippen molar-refractivity contribution in [2.24, 2.45) is 0 Å². The minimum atomic E-state index is -3.54. The molecule has 4 rings (SSSR count). The van der Waals surface area contributed by atoms with Gasteiger partial charge in [-0.1, -0.05) is 36.4 Å². The highest BCUT2D eigenvalue weighted by atomic mass is 32.2. The van der Waals surface area contributed by atoms with Crippen molar-refractivity contribution in [2.75, 3.05) is 12.8 Å². The van der Waals surface area contributed by atoms with Crippen LogP contribution in [-0.2, 0) is 15.3 Å². The predicted molar refractivity (Wildman–Crippen MR) is 98.0 cm³/mol. The smallest absolute Gasteiger partial charge is 0.272 e. The van der Waals surface area contributed by atoms with Crippen LogP contribution >= 0.6 is 0 Å². The molecule has 2 heterocycles. The maximum Gasteiger partial charge on any atom is 0.272 e. The molecule has 0 saturated heterocycles. The van der Waals surface area contributed by atoms with E-state index < -0.39 is 9.84 Å². The number of carbonyl (C=O) groups is 1. The SMILES string of the molecule is CS(=O)(=O)c1nc(C(=O)NCC2(c3ccccc3)CC2)c2ccccn12. The van der Waals surface area contributed by atoms with E-state index in [2.05, 4.69) is 22.4 Å². The second kappa shape index (κ2) is 5.95. The lowest BCUT2D eigenvalue weighted by atomic mass is 9.96. The van der Waals surface area contributed by atoms with E-state index in [1.807, 2.05) is 18.2 Å². The fourth-order valence-corrected chi connectivity index (χ4v) is 4.06. The maximum absolute atomic E-state index is 12.7. The molecule has 1 amide bonds. The molecular weight excluding hydrogens is 350 g/mol. The average molecular weight is 369 g/mol. The number of nitrogens with zero attached hydrogens (tertiary/aromatic N) is 2. The summed E-state index contributed by atoms with van der Waals surface area (Å²) in [5, 5.41) is 2.82. The molecule has 1 aliphatic rings. The van der Waals surface area contributed by atoms with Gasteiger partial charge in [-0.2, -0.15) is 0 Å². The van der Waals surface area contributed by atoms with Crippen LogP contribution in [0.1, 0.15) is 28.9 Å². The Hall–Kier alpha value is -2.67. The van der Waals surface area contributed by atoms with Gasteiger partial charge in [0, 0.05) is 24.4 Å². The Bertz CT molecular complexity index is 1080. The molecule has 0 aliphatic heterocycles. The summed E-state index contributed by atoms with van der Waals surface area (Å²) in [6.07, 6.45) is 4.73. The summed E-state index contributed by atoms with van der Waals surface area (Å²) >= 11 is 0. The second-order valence-electron chi connectivity index (χ2n) is 6.80. The second-order valence-corrected chi connectivity index (χ2v) is 8.71. The summed E-state index contributed by atoms with van der Waals surface area (Å²) < 4.78 is 25.4. The molecule has 0 radical (unpaired) electrons. The first kappa shape index (κ1) is 16.8. The molecule has 0 bridgehead atoms. The summed E-state index contributed by atoms with van der Waals surface area (Å²) in [5.74, 6) is -0.356. The molecule has 0 unspecified atom stereocenters. The van der Waals surface area contributed by atoms with Crippen LogP contribution in [0.5, 0.6) is 0 Å². The van der Waals surface area contributed by atoms with Gasteiger partial charge in [0.1, 0.15) is 0 Å². The minimum Gasteiger partial charge on any atom is -0.350 e. The summed E-state index contributed by atoms with van der Waals surface area (Å²) in [6, 6.07) is 15.3. The van der Waals surface area contributed by atoms with E-state index in [4.69, 9.17) is 0 Å². The van der Waals surface area contributed by atoms with E-state index in [1.54, 1.807) is 24.4 Å². The van der Waals surface area contributed by atoms with Crippen LogP contribution in [0.3, 0.4) is 0 Å². The number of hydrogen-bond donors (Lipinski definition) is 1. The highest BCUT2D eigenvalue weighted by molar-refractivity contribution is 7.90. The lowest BCUT2D eigenvalue weighted by Crippen LogP contribution is -2.32. The van der Waals surface area contributed by atoms with Gasteiger partial charge in [0.25, 0.3) is 5.91 Å². The molecule has 7 heteroatoms. The van der Waals surface area contributed by atoms with Gasteiger partial charge in [0.2, 0.25) is 15.0 Å². The van der Waals surface area contributed by atoms with Crippen molar-refractivity contribution >= 4 is 21.3 Å². The zero-order valence-corrected chi connectivity index (χ0v) is 15.2. The molecular formula is C19H19N3O3S. The molecule has 26 heavy (non-hydrogen) atoms. The van der Waals surface area contributed by atoms with Gasteiger partial charge >= 0.3 is 0 Å². The van der Waals surface area contributed by atoms with E-state index in [-0.39, 0.29) is 22.2 Å². The molecule has 1 saturated carbocycles. The molecule has 1 N–H and O–H groups in total. The highest BCUT2D eigenvalue weighted by Gasteiger charge is 2.44. The van der Waals surface area contributed by atoms with Crippen molar-refractivity contribution in [3.05, 3.63) is 66.0 Å². The fourth-order valence-electron chi connectivity index (χ4n) is 3.28. The Labute approximate surface area is 151 Å². The Kier molecular flexibility index (Phi) is 3.84. The molecule has 0 spiro atoms. The topological polar surface area (TPSA) is 80.5 Å². The van der Waals surface area contributed by atoms with Crippen molar-refractivity contribution < 1.29 is 13.2 Å². The number of imidazole rings is 1. The number of pyridine rings is 1. The lowest BCUT2D eigenvalue weighted by Gasteiger charge is -2.16. The Morgan fingerprint density at radius 3 is 2.50 bits per heavy atom. The standard InChI is InChI=1S/C19H19N3O3S/c1-26(24,25)18-21-16(15-9-5-6-12-22(15)18)17(23)20-13-19(10-11-19)14-7-3-2-4-8-14/h2-9,12H,10-11,13H2,1H3,(H,20,23). The first-order valence-corrected chi connectivity index (χ1v) is 10.3. The number of amides is 1. The zero-order chi connectivity index (χ0) is 18.4. The van der Waals surface area contributed by atoms with Gasteiger partial charge in [-0.25, -0.2) is 13.4 Å². The molecule has 0 atom stereocenters. The monoisotopic (exact) mass is 369 g/mol. The molecule has 1 aliphatic carbocycles. The van der Waals surface area contributed by atoms with Crippen LogP contribution in [0.25, 0.3) is 5.52 Å². The van der Waals surface area contributed by atoms with Crippen LogP contribution in [0.4, 0.5) is 0 Å². The van der Waals surface area contributed by atoms with Crippen molar-refractivity contribution in [3.63, 3.8) is 0 Å². The summed E-state index contributed by atoms with van der Waals surface area (Å²) in [5.41, 5.74) is 1.81. The summed E-state index contributed by atoms with van der Waals surface area (Å²) in [7, 11) is -3.54. The van der Waals surface area contributed by atoms with Gasteiger partial charge in [-0.15, -0.1) is 0 Å². The van der Waals surface area contributed by atoms with Crippen LogP contribution in [0.15, 0.2) is 59.9 Å². The number of benzene rings is 1. The minimum absolute atomic E-state index is 0.0217. The van der Waals surface area contributed by atoms with E-state index in [9.17, 15) is 13.2 Å². The van der Waals surface area contributed by atoms with Crippen molar-refractivity contribution in [1.82, 2.24) is 14.7 Å². The first-order chi connectivity index (χ1) is 12.4. The third kappa shape index (κ3) is 2.88. The molecule has 2 aromatic heterocycles. The fraction of sp³-hybridized carbons (Fsp3) is 0.263. The normalized spacial score (nSPS) is 15.7. The number of carbonyl (C=O) groups excluding carboxylic acids is 1. The molecule has 3 aromatic rings. The van der Waals surface area contributed by atoms with E-state index >= 15 is 0 Å². The highest BCUT2D eigenvalue weighted by Crippen LogP contribution is 2.47. The van der Waals surface area contributed by atoms with E-state index in [0.717, 1.165) is 19.1 Å². The van der Waals surface area contributed by atoms with Crippen molar-refractivity contribution in [1.29, 1.82) is 0 Å².